The van der Waals surface area contributed by atoms with Crippen molar-refractivity contribution in [1.82, 2.24) is 0 Å². The third-order valence-corrected chi connectivity index (χ3v) is 5.78. The zero-order valence-electron chi connectivity index (χ0n) is 11.4. The fourth-order valence-electron chi connectivity index (χ4n) is 4.28. The largest absolute Gasteiger partial charge is 0.452 e. The summed E-state index contributed by atoms with van der Waals surface area (Å²) in [7, 11) is 0. The molecule has 3 rings (SSSR count). The van der Waals surface area contributed by atoms with Crippen LogP contribution >= 0.6 is 0 Å². The molecule has 0 spiro atoms. The molecule has 0 saturated heterocycles. The first-order chi connectivity index (χ1) is 8.45. The number of fused-ring (bicyclic) bond motifs is 2. The highest BCUT2D eigenvalue weighted by molar-refractivity contribution is 5.91. The SMILES string of the molecule is CC1=C2C[C@@]3(C)[C@H](CCC[C@@H]3C)[C@H](O)[C@@H]2OC1=O. The van der Waals surface area contributed by atoms with E-state index in [-0.39, 0.29) is 23.4 Å². The third kappa shape index (κ3) is 1.43. The molecule has 0 aromatic carbocycles. The van der Waals surface area contributed by atoms with Gasteiger partial charge < -0.3 is 9.84 Å². The van der Waals surface area contributed by atoms with E-state index in [1.54, 1.807) is 0 Å². The van der Waals surface area contributed by atoms with Crippen molar-refractivity contribution in [3.05, 3.63) is 11.1 Å². The topological polar surface area (TPSA) is 46.5 Å². The van der Waals surface area contributed by atoms with Gasteiger partial charge in [-0.2, -0.15) is 0 Å². The summed E-state index contributed by atoms with van der Waals surface area (Å²) in [6, 6.07) is 0. The van der Waals surface area contributed by atoms with Crippen LogP contribution in [0.15, 0.2) is 11.1 Å². The second-order valence-corrected chi connectivity index (χ2v) is 6.59. The number of esters is 1. The highest BCUT2D eigenvalue weighted by atomic mass is 16.6. The molecular formula is C15H22O3. The first kappa shape index (κ1) is 12.2. The molecule has 2 fully saturated rings. The van der Waals surface area contributed by atoms with Crippen LogP contribution in [-0.4, -0.2) is 23.3 Å². The molecule has 1 heterocycles. The maximum Gasteiger partial charge on any atom is 0.334 e. The van der Waals surface area contributed by atoms with E-state index in [4.69, 9.17) is 4.74 Å². The first-order valence-electron chi connectivity index (χ1n) is 7.04. The molecule has 2 aliphatic carbocycles. The Morgan fingerprint density at radius 1 is 1.39 bits per heavy atom. The van der Waals surface area contributed by atoms with Gasteiger partial charge in [0, 0.05) is 5.57 Å². The van der Waals surface area contributed by atoms with Crippen LogP contribution in [0.25, 0.3) is 0 Å². The highest BCUT2D eigenvalue weighted by Crippen LogP contribution is 2.56. The molecule has 3 nitrogen and oxygen atoms in total. The molecule has 0 aromatic heterocycles. The molecule has 0 aromatic rings. The zero-order chi connectivity index (χ0) is 13.1. The lowest BCUT2D eigenvalue weighted by atomic mass is 9.53. The number of carbonyl (C=O) groups is 1. The minimum Gasteiger partial charge on any atom is -0.452 e. The number of ether oxygens (including phenoxy) is 1. The van der Waals surface area contributed by atoms with Crippen LogP contribution in [0, 0.1) is 17.3 Å². The molecule has 0 amide bonds. The Hall–Kier alpha value is -0.830. The van der Waals surface area contributed by atoms with Gasteiger partial charge >= 0.3 is 5.97 Å². The molecule has 1 aliphatic heterocycles. The Morgan fingerprint density at radius 2 is 2.11 bits per heavy atom. The lowest BCUT2D eigenvalue weighted by Crippen LogP contribution is -2.53. The number of rotatable bonds is 0. The van der Waals surface area contributed by atoms with E-state index in [1.165, 1.54) is 12.8 Å². The van der Waals surface area contributed by atoms with Crippen molar-refractivity contribution in [2.45, 2.75) is 58.7 Å². The van der Waals surface area contributed by atoms with E-state index in [1.807, 2.05) is 6.92 Å². The van der Waals surface area contributed by atoms with Gasteiger partial charge in [0.15, 0.2) is 6.10 Å². The van der Waals surface area contributed by atoms with Gasteiger partial charge in [-0.15, -0.1) is 0 Å². The number of aliphatic hydroxyl groups excluding tert-OH is 1. The zero-order valence-corrected chi connectivity index (χ0v) is 11.4. The van der Waals surface area contributed by atoms with Crippen LogP contribution < -0.4 is 0 Å². The van der Waals surface area contributed by atoms with Crippen molar-refractivity contribution >= 4 is 5.97 Å². The van der Waals surface area contributed by atoms with Crippen LogP contribution in [0.2, 0.25) is 0 Å². The number of hydrogen-bond acceptors (Lipinski definition) is 3. The predicted octanol–water partition coefficient (Wildman–Crippen LogP) is 2.44. The lowest BCUT2D eigenvalue weighted by molar-refractivity contribution is -0.154. The second-order valence-electron chi connectivity index (χ2n) is 6.59. The maximum absolute atomic E-state index is 11.7. The average molecular weight is 250 g/mol. The predicted molar refractivity (Wildman–Crippen MR) is 67.8 cm³/mol. The highest BCUT2D eigenvalue weighted by Gasteiger charge is 2.55. The van der Waals surface area contributed by atoms with Crippen LogP contribution in [-0.2, 0) is 9.53 Å². The minimum absolute atomic E-state index is 0.124. The molecule has 2 saturated carbocycles. The van der Waals surface area contributed by atoms with E-state index in [2.05, 4.69) is 13.8 Å². The molecule has 3 aliphatic rings. The molecule has 1 N–H and O–H groups in total. The Bertz CT molecular complexity index is 425. The van der Waals surface area contributed by atoms with Gasteiger partial charge in [-0.3, -0.25) is 0 Å². The monoisotopic (exact) mass is 250 g/mol. The van der Waals surface area contributed by atoms with Gasteiger partial charge in [-0.25, -0.2) is 4.79 Å². The third-order valence-electron chi connectivity index (χ3n) is 5.78. The quantitative estimate of drug-likeness (QED) is 0.672. The average Bonchev–Trinajstić information content (AvgIpc) is 2.60. The maximum atomic E-state index is 11.7. The normalized spacial score (nSPS) is 47.7. The van der Waals surface area contributed by atoms with Gasteiger partial charge in [0.2, 0.25) is 0 Å². The number of carbonyl (C=O) groups excluding carboxylic acids is 1. The standard InChI is InChI=1S/C15H22O3/c1-8-5-4-6-11-12(16)13-10(7-15(8,11)3)9(2)14(17)18-13/h8,11-13,16H,4-7H2,1-3H3/t8-,11+,12-,13+,15+/m0/s1. The van der Waals surface area contributed by atoms with E-state index in [0.29, 0.717) is 5.92 Å². The molecule has 3 heteroatoms. The van der Waals surface area contributed by atoms with Crippen LogP contribution in [0.4, 0.5) is 0 Å². The van der Waals surface area contributed by atoms with Crippen LogP contribution in [0.1, 0.15) is 46.5 Å². The summed E-state index contributed by atoms with van der Waals surface area (Å²) in [5.41, 5.74) is 1.91. The van der Waals surface area contributed by atoms with Gasteiger partial charge in [-0.1, -0.05) is 26.7 Å². The molecule has 100 valence electrons. The summed E-state index contributed by atoms with van der Waals surface area (Å²) in [5.74, 6) is 0.639. The van der Waals surface area contributed by atoms with Gasteiger partial charge in [-0.05, 0) is 42.6 Å². The fraction of sp³-hybridized carbons (Fsp3) is 0.800. The minimum atomic E-state index is -0.511. The Kier molecular flexibility index (Phi) is 2.60. The summed E-state index contributed by atoms with van der Waals surface area (Å²) in [6.45, 7) is 6.40. The van der Waals surface area contributed by atoms with Crippen LogP contribution in [0.3, 0.4) is 0 Å². The molecule has 0 unspecified atom stereocenters. The van der Waals surface area contributed by atoms with Crippen molar-refractivity contribution in [3.63, 3.8) is 0 Å². The Labute approximate surface area is 108 Å². The molecule has 5 atom stereocenters. The fourth-order valence-corrected chi connectivity index (χ4v) is 4.28. The van der Waals surface area contributed by atoms with Crippen molar-refractivity contribution in [3.8, 4) is 0 Å². The molecule has 18 heavy (non-hydrogen) atoms. The smallest absolute Gasteiger partial charge is 0.334 e. The summed E-state index contributed by atoms with van der Waals surface area (Å²) in [6.07, 6.45) is 3.51. The van der Waals surface area contributed by atoms with Crippen molar-refractivity contribution in [2.75, 3.05) is 0 Å². The summed E-state index contributed by atoms with van der Waals surface area (Å²) < 4.78 is 5.36. The summed E-state index contributed by atoms with van der Waals surface area (Å²) in [4.78, 5) is 11.7. The lowest BCUT2D eigenvalue weighted by Gasteiger charge is -2.53. The van der Waals surface area contributed by atoms with Crippen molar-refractivity contribution < 1.29 is 14.6 Å². The first-order valence-corrected chi connectivity index (χ1v) is 7.04. The molecular weight excluding hydrogens is 228 g/mol. The van der Waals surface area contributed by atoms with E-state index >= 15 is 0 Å². The van der Waals surface area contributed by atoms with E-state index in [9.17, 15) is 9.90 Å². The number of hydrogen-bond donors (Lipinski definition) is 1. The van der Waals surface area contributed by atoms with Crippen molar-refractivity contribution in [1.29, 1.82) is 0 Å². The Morgan fingerprint density at radius 3 is 2.83 bits per heavy atom. The summed E-state index contributed by atoms with van der Waals surface area (Å²) >= 11 is 0. The molecule has 0 radical (unpaired) electrons. The van der Waals surface area contributed by atoms with Gasteiger partial charge in [0.25, 0.3) is 0 Å². The Balaban J connectivity index is 2.02. The second kappa shape index (κ2) is 3.83. The van der Waals surface area contributed by atoms with Crippen LogP contribution in [0.5, 0.6) is 0 Å². The molecule has 0 bridgehead atoms. The number of aliphatic hydroxyl groups is 1. The van der Waals surface area contributed by atoms with E-state index < -0.39 is 6.10 Å². The van der Waals surface area contributed by atoms with Crippen molar-refractivity contribution in [2.24, 2.45) is 17.3 Å². The van der Waals surface area contributed by atoms with Gasteiger partial charge in [0.1, 0.15) is 0 Å². The summed E-state index contributed by atoms with van der Waals surface area (Å²) in [5, 5.41) is 10.6. The van der Waals surface area contributed by atoms with Gasteiger partial charge in [0.05, 0.1) is 6.10 Å². The van der Waals surface area contributed by atoms with E-state index in [0.717, 1.165) is 24.0 Å².